The summed E-state index contributed by atoms with van der Waals surface area (Å²) in [6.45, 7) is -1.75. The molecule has 0 bridgehead atoms. The summed E-state index contributed by atoms with van der Waals surface area (Å²) in [5.74, 6) is -4.53. The number of aliphatic carboxylic acids is 1. The summed E-state index contributed by atoms with van der Waals surface area (Å²) >= 11 is 1.38. The molecule has 4 atom stereocenters. The van der Waals surface area contributed by atoms with E-state index in [-0.39, 0.29) is 6.42 Å². The molecule has 13 nitrogen and oxygen atoms in total. The first-order valence-electron chi connectivity index (χ1n) is 8.45. The highest BCUT2D eigenvalue weighted by Crippen LogP contribution is 2.03. The summed E-state index contributed by atoms with van der Waals surface area (Å²) in [6, 6.07) is -5.55. The maximum absolute atomic E-state index is 12.5. The number of carboxylic acids is 1. The Labute approximate surface area is 170 Å². The highest BCUT2D eigenvalue weighted by molar-refractivity contribution is 7.98. The van der Waals surface area contributed by atoms with Crippen LogP contribution in [-0.2, 0) is 24.0 Å². The lowest BCUT2D eigenvalue weighted by Gasteiger charge is -2.23. The number of primary amides is 1. The van der Waals surface area contributed by atoms with E-state index in [9.17, 15) is 29.1 Å². The van der Waals surface area contributed by atoms with E-state index in [0.717, 1.165) is 0 Å². The smallest absolute Gasteiger partial charge is 0.328 e. The quantitative estimate of drug-likeness (QED) is 0.130. The number of aliphatic hydroxyl groups excluding tert-OH is 2. The highest BCUT2D eigenvalue weighted by atomic mass is 32.2. The molecular weight excluding hydrogens is 410 g/mol. The zero-order chi connectivity index (χ0) is 22.6. The highest BCUT2D eigenvalue weighted by Gasteiger charge is 2.29. The van der Waals surface area contributed by atoms with E-state index >= 15 is 0 Å². The molecule has 0 spiro atoms. The molecule has 0 aromatic heterocycles. The van der Waals surface area contributed by atoms with Gasteiger partial charge in [-0.2, -0.15) is 11.8 Å². The van der Waals surface area contributed by atoms with Crippen LogP contribution in [0.2, 0.25) is 0 Å². The van der Waals surface area contributed by atoms with Crippen LogP contribution in [0.4, 0.5) is 0 Å². The van der Waals surface area contributed by atoms with Gasteiger partial charge < -0.3 is 42.7 Å². The number of carbonyl (C=O) groups excluding carboxylic acids is 4. The molecule has 166 valence electrons. The zero-order valence-corrected chi connectivity index (χ0v) is 16.6. The Morgan fingerprint density at radius 1 is 0.897 bits per heavy atom. The van der Waals surface area contributed by atoms with Crippen LogP contribution in [0.5, 0.6) is 0 Å². The third-order valence-corrected chi connectivity index (χ3v) is 4.26. The number of thioether (sulfide) groups is 1. The van der Waals surface area contributed by atoms with Crippen LogP contribution < -0.4 is 27.4 Å². The molecule has 0 saturated carbocycles. The predicted octanol–water partition coefficient (Wildman–Crippen LogP) is -4.53. The van der Waals surface area contributed by atoms with Crippen LogP contribution >= 0.6 is 11.8 Å². The van der Waals surface area contributed by atoms with Crippen molar-refractivity contribution in [2.75, 3.05) is 25.2 Å². The van der Waals surface area contributed by atoms with Gasteiger partial charge in [0.2, 0.25) is 23.6 Å². The molecular formula is C15H27N5O8S. The Balaban J connectivity index is 5.12. The number of amides is 4. The maximum Gasteiger partial charge on any atom is 0.328 e. The maximum atomic E-state index is 12.5. The minimum atomic E-state index is -1.62. The molecule has 0 radical (unpaired) electrons. The van der Waals surface area contributed by atoms with Crippen molar-refractivity contribution in [3.8, 4) is 0 Å². The molecule has 10 N–H and O–H groups in total. The van der Waals surface area contributed by atoms with Crippen molar-refractivity contribution >= 4 is 41.4 Å². The van der Waals surface area contributed by atoms with Gasteiger partial charge in [-0.3, -0.25) is 19.2 Å². The fourth-order valence-electron chi connectivity index (χ4n) is 2.02. The second kappa shape index (κ2) is 13.7. The number of aliphatic hydroxyl groups is 2. The van der Waals surface area contributed by atoms with Crippen LogP contribution in [0.3, 0.4) is 0 Å². The van der Waals surface area contributed by atoms with E-state index in [4.69, 9.17) is 21.7 Å². The molecule has 0 aromatic rings. The standard InChI is InChI=1S/C15H27N5O8S/c1-29-3-2-8(18-12(24)7(16)4-11(17)23)13(25)19-9(5-21)14(26)20-10(6-22)15(27)28/h7-10,21-22H,2-6,16H2,1H3,(H2,17,23)(H,18,24)(H,19,25)(H,20,26)(H,27,28). The molecule has 0 rings (SSSR count). The summed E-state index contributed by atoms with van der Waals surface area (Å²) < 4.78 is 0. The second-order valence-corrected chi connectivity index (χ2v) is 6.93. The summed E-state index contributed by atoms with van der Waals surface area (Å²) in [6.07, 6.45) is 1.48. The van der Waals surface area contributed by atoms with Crippen molar-refractivity contribution in [1.82, 2.24) is 16.0 Å². The van der Waals surface area contributed by atoms with Gasteiger partial charge in [-0.25, -0.2) is 4.79 Å². The van der Waals surface area contributed by atoms with Crippen LogP contribution in [0.1, 0.15) is 12.8 Å². The first-order chi connectivity index (χ1) is 13.6. The largest absolute Gasteiger partial charge is 0.480 e. The van der Waals surface area contributed by atoms with Crippen LogP contribution in [0, 0.1) is 0 Å². The third kappa shape index (κ3) is 10.1. The number of carboxylic acid groups (broad SMARTS) is 1. The number of nitrogens with one attached hydrogen (secondary N) is 3. The van der Waals surface area contributed by atoms with Gasteiger partial charge in [0.25, 0.3) is 0 Å². The van der Waals surface area contributed by atoms with Crippen LogP contribution in [0.15, 0.2) is 0 Å². The van der Waals surface area contributed by atoms with Crippen molar-refractivity contribution in [2.45, 2.75) is 37.0 Å². The molecule has 0 aliphatic rings. The SMILES string of the molecule is CSCCC(NC(=O)C(N)CC(N)=O)C(=O)NC(CO)C(=O)NC(CO)C(=O)O. The van der Waals surface area contributed by atoms with Gasteiger partial charge in [0.15, 0.2) is 0 Å². The Morgan fingerprint density at radius 2 is 1.38 bits per heavy atom. The normalized spacial score (nSPS) is 14.8. The van der Waals surface area contributed by atoms with E-state index in [1.54, 1.807) is 6.26 Å². The van der Waals surface area contributed by atoms with Crippen molar-refractivity contribution in [1.29, 1.82) is 0 Å². The van der Waals surface area contributed by atoms with Crippen LogP contribution in [0.25, 0.3) is 0 Å². The van der Waals surface area contributed by atoms with Gasteiger partial charge in [-0.15, -0.1) is 0 Å². The van der Waals surface area contributed by atoms with Gasteiger partial charge in [0.1, 0.15) is 18.1 Å². The molecule has 0 aromatic carbocycles. The van der Waals surface area contributed by atoms with E-state index < -0.39 is 73.4 Å². The number of nitrogens with two attached hydrogens (primary N) is 2. The van der Waals surface area contributed by atoms with Crippen LogP contribution in [-0.4, -0.2) is 94.3 Å². The summed E-state index contributed by atoms with van der Waals surface area (Å²) in [5.41, 5.74) is 10.5. The van der Waals surface area contributed by atoms with Gasteiger partial charge in [-0.05, 0) is 18.4 Å². The molecule has 0 saturated heterocycles. The molecule has 0 heterocycles. The third-order valence-electron chi connectivity index (χ3n) is 3.61. The minimum Gasteiger partial charge on any atom is -0.480 e. The molecule has 4 amide bonds. The van der Waals surface area contributed by atoms with E-state index in [0.29, 0.717) is 5.75 Å². The van der Waals surface area contributed by atoms with Gasteiger partial charge in [0, 0.05) is 0 Å². The van der Waals surface area contributed by atoms with Crippen molar-refractivity contribution in [3.05, 3.63) is 0 Å². The zero-order valence-electron chi connectivity index (χ0n) is 15.8. The lowest BCUT2D eigenvalue weighted by atomic mass is 10.1. The monoisotopic (exact) mass is 437 g/mol. The molecule has 0 aliphatic carbocycles. The Morgan fingerprint density at radius 3 is 1.83 bits per heavy atom. The number of carbonyl (C=O) groups is 5. The lowest BCUT2D eigenvalue weighted by molar-refractivity contribution is -0.143. The van der Waals surface area contributed by atoms with E-state index in [2.05, 4.69) is 10.6 Å². The molecule has 0 aliphatic heterocycles. The fraction of sp³-hybridized carbons (Fsp3) is 0.667. The topological polar surface area (TPSA) is 234 Å². The first-order valence-corrected chi connectivity index (χ1v) is 9.85. The fourth-order valence-corrected chi connectivity index (χ4v) is 2.49. The van der Waals surface area contributed by atoms with Gasteiger partial charge in [0.05, 0.1) is 25.7 Å². The summed E-state index contributed by atoms with van der Waals surface area (Å²) in [7, 11) is 0. The molecule has 0 fully saturated rings. The first kappa shape index (κ1) is 26.6. The number of hydrogen-bond acceptors (Lipinski definition) is 9. The van der Waals surface area contributed by atoms with Gasteiger partial charge in [-0.1, -0.05) is 0 Å². The number of rotatable bonds is 14. The average Bonchev–Trinajstić information content (AvgIpc) is 2.65. The van der Waals surface area contributed by atoms with E-state index in [1.807, 2.05) is 5.32 Å². The molecule has 29 heavy (non-hydrogen) atoms. The molecule has 14 heteroatoms. The minimum absolute atomic E-state index is 0.149. The van der Waals surface area contributed by atoms with Gasteiger partial charge >= 0.3 is 5.97 Å². The predicted molar refractivity (Wildman–Crippen MR) is 102 cm³/mol. The Bertz CT molecular complexity index is 605. The molecule has 4 unspecified atom stereocenters. The van der Waals surface area contributed by atoms with Crippen molar-refractivity contribution < 1.29 is 39.3 Å². The Kier molecular flexibility index (Phi) is 12.6. The van der Waals surface area contributed by atoms with E-state index in [1.165, 1.54) is 11.8 Å². The number of hydrogen-bond donors (Lipinski definition) is 8. The Hall–Kier alpha value is -2.42. The summed E-state index contributed by atoms with van der Waals surface area (Å²) in [5, 5.41) is 33.6. The lowest BCUT2D eigenvalue weighted by Crippen LogP contribution is -2.58. The van der Waals surface area contributed by atoms with Crippen molar-refractivity contribution in [3.63, 3.8) is 0 Å². The second-order valence-electron chi connectivity index (χ2n) is 5.95. The summed E-state index contributed by atoms with van der Waals surface area (Å²) in [4.78, 5) is 58.3. The van der Waals surface area contributed by atoms with Crippen molar-refractivity contribution in [2.24, 2.45) is 11.5 Å². The average molecular weight is 437 g/mol.